The maximum absolute atomic E-state index is 13.1. The molecule has 0 fully saturated rings. The standard InChI is InChI=1S/C12H11ClFNS/c1-7-12(9(5-15)6-16-7)8-2-3-11(14)10(13)4-8/h2-4,6H,5,15H2,1H3. The number of thiophene rings is 1. The van der Waals surface area contributed by atoms with Crippen molar-refractivity contribution >= 4 is 22.9 Å². The molecular formula is C12H11ClFNS. The van der Waals surface area contributed by atoms with Crippen LogP contribution in [0.25, 0.3) is 11.1 Å². The lowest BCUT2D eigenvalue weighted by atomic mass is 10.0. The zero-order chi connectivity index (χ0) is 11.7. The van der Waals surface area contributed by atoms with Gasteiger partial charge in [-0.1, -0.05) is 17.7 Å². The second kappa shape index (κ2) is 4.53. The van der Waals surface area contributed by atoms with Gasteiger partial charge in [0.05, 0.1) is 5.02 Å². The van der Waals surface area contributed by atoms with Gasteiger partial charge in [-0.3, -0.25) is 0 Å². The summed E-state index contributed by atoms with van der Waals surface area (Å²) in [5, 5.41) is 2.17. The molecule has 1 nitrogen and oxygen atoms in total. The van der Waals surface area contributed by atoms with Crippen LogP contribution < -0.4 is 5.73 Å². The molecule has 0 radical (unpaired) electrons. The predicted molar refractivity (Wildman–Crippen MR) is 67.4 cm³/mol. The fraction of sp³-hybridized carbons (Fsp3) is 0.167. The summed E-state index contributed by atoms with van der Waals surface area (Å²) in [4.78, 5) is 1.17. The van der Waals surface area contributed by atoms with Crippen molar-refractivity contribution in [1.82, 2.24) is 0 Å². The minimum Gasteiger partial charge on any atom is -0.326 e. The summed E-state index contributed by atoms with van der Waals surface area (Å²) in [6.45, 7) is 2.51. The van der Waals surface area contributed by atoms with Gasteiger partial charge in [0.2, 0.25) is 0 Å². The minimum atomic E-state index is -0.396. The van der Waals surface area contributed by atoms with Crippen LogP contribution in [0.1, 0.15) is 10.4 Å². The zero-order valence-corrected chi connectivity index (χ0v) is 10.3. The molecular weight excluding hydrogens is 245 g/mol. The summed E-state index contributed by atoms with van der Waals surface area (Å²) < 4.78 is 13.1. The average Bonchev–Trinajstić information content (AvgIpc) is 2.64. The lowest BCUT2D eigenvalue weighted by Crippen LogP contribution is -1.96. The van der Waals surface area contributed by atoms with Crippen LogP contribution in [0.4, 0.5) is 4.39 Å². The fourth-order valence-electron chi connectivity index (χ4n) is 1.69. The van der Waals surface area contributed by atoms with E-state index in [0.717, 1.165) is 16.7 Å². The Hall–Kier alpha value is -0.900. The number of rotatable bonds is 2. The van der Waals surface area contributed by atoms with Crippen molar-refractivity contribution < 1.29 is 4.39 Å². The maximum atomic E-state index is 13.1. The van der Waals surface area contributed by atoms with Crippen LogP contribution in [0.15, 0.2) is 23.6 Å². The summed E-state index contributed by atoms with van der Waals surface area (Å²) in [6, 6.07) is 4.76. The summed E-state index contributed by atoms with van der Waals surface area (Å²) in [5.74, 6) is -0.396. The number of hydrogen-bond acceptors (Lipinski definition) is 2. The smallest absolute Gasteiger partial charge is 0.141 e. The number of nitrogens with two attached hydrogens (primary N) is 1. The third-order valence-corrected chi connectivity index (χ3v) is 3.73. The molecule has 0 amide bonds. The topological polar surface area (TPSA) is 26.0 Å². The van der Waals surface area contributed by atoms with E-state index in [1.807, 2.05) is 12.3 Å². The van der Waals surface area contributed by atoms with E-state index in [1.165, 1.54) is 10.9 Å². The molecule has 0 aliphatic rings. The van der Waals surface area contributed by atoms with Gasteiger partial charge in [-0.2, -0.15) is 0 Å². The van der Waals surface area contributed by atoms with Gasteiger partial charge in [-0.25, -0.2) is 4.39 Å². The second-order valence-electron chi connectivity index (χ2n) is 3.53. The predicted octanol–water partition coefficient (Wildman–Crippen LogP) is 3.97. The second-order valence-corrected chi connectivity index (χ2v) is 5.02. The quantitative estimate of drug-likeness (QED) is 0.863. The molecule has 4 heteroatoms. The Morgan fingerprint density at radius 3 is 2.81 bits per heavy atom. The first-order chi connectivity index (χ1) is 7.63. The Balaban J connectivity index is 2.57. The molecule has 0 bridgehead atoms. The summed E-state index contributed by atoms with van der Waals surface area (Å²) in [5.41, 5.74) is 8.74. The van der Waals surface area contributed by atoms with E-state index in [4.69, 9.17) is 17.3 Å². The number of halogens is 2. The lowest BCUT2D eigenvalue weighted by Gasteiger charge is -2.05. The van der Waals surface area contributed by atoms with Gasteiger partial charge in [-0.05, 0) is 41.1 Å². The van der Waals surface area contributed by atoms with Crippen molar-refractivity contribution in [3.05, 3.63) is 44.9 Å². The van der Waals surface area contributed by atoms with E-state index in [9.17, 15) is 4.39 Å². The molecule has 84 valence electrons. The first-order valence-corrected chi connectivity index (χ1v) is 6.11. The zero-order valence-electron chi connectivity index (χ0n) is 8.76. The first-order valence-electron chi connectivity index (χ1n) is 4.86. The largest absolute Gasteiger partial charge is 0.326 e. The highest BCUT2D eigenvalue weighted by molar-refractivity contribution is 7.10. The summed E-state index contributed by atoms with van der Waals surface area (Å²) in [6.07, 6.45) is 0. The van der Waals surface area contributed by atoms with Crippen LogP contribution in [0.3, 0.4) is 0 Å². The van der Waals surface area contributed by atoms with E-state index in [0.29, 0.717) is 6.54 Å². The highest BCUT2D eigenvalue weighted by Crippen LogP contribution is 2.33. The Kier molecular flexibility index (Phi) is 3.28. The van der Waals surface area contributed by atoms with Crippen LogP contribution in [-0.2, 0) is 6.54 Å². The van der Waals surface area contributed by atoms with Crippen LogP contribution in [-0.4, -0.2) is 0 Å². The molecule has 0 saturated heterocycles. The highest BCUT2D eigenvalue weighted by atomic mass is 35.5. The lowest BCUT2D eigenvalue weighted by molar-refractivity contribution is 0.628. The summed E-state index contributed by atoms with van der Waals surface area (Å²) >= 11 is 7.42. The van der Waals surface area contributed by atoms with Gasteiger partial charge in [0.1, 0.15) is 5.82 Å². The third kappa shape index (κ3) is 1.98. The van der Waals surface area contributed by atoms with E-state index in [1.54, 1.807) is 23.5 Å². The van der Waals surface area contributed by atoms with Crippen molar-refractivity contribution in [2.24, 2.45) is 5.73 Å². The van der Waals surface area contributed by atoms with Crippen molar-refractivity contribution in [3.8, 4) is 11.1 Å². The van der Waals surface area contributed by atoms with Crippen LogP contribution in [0, 0.1) is 12.7 Å². The Bertz CT molecular complexity index is 522. The molecule has 0 spiro atoms. The van der Waals surface area contributed by atoms with Gasteiger partial charge in [0.15, 0.2) is 0 Å². The maximum Gasteiger partial charge on any atom is 0.141 e. The van der Waals surface area contributed by atoms with Gasteiger partial charge < -0.3 is 5.73 Å². The van der Waals surface area contributed by atoms with Gasteiger partial charge in [0.25, 0.3) is 0 Å². The molecule has 0 unspecified atom stereocenters. The van der Waals surface area contributed by atoms with Crippen LogP contribution >= 0.6 is 22.9 Å². The molecule has 0 aliphatic carbocycles. The Labute approximate surface area is 103 Å². The molecule has 1 aromatic carbocycles. The Morgan fingerprint density at radius 1 is 1.44 bits per heavy atom. The van der Waals surface area contributed by atoms with Gasteiger partial charge >= 0.3 is 0 Å². The van der Waals surface area contributed by atoms with Crippen LogP contribution in [0.5, 0.6) is 0 Å². The monoisotopic (exact) mass is 255 g/mol. The van der Waals surface area contributed by atoms with Gasteiger partial charge in [-0.15, -0.1) is 11.3 Å². The van der Waals surface area contributed by atoms with E-state index < -0.39 is 5.82 Å². The number of benzene rings is 1. The molecule has 0 saturated carbocycles. The van der Waals surface area contributed by atoms with Crippen molar-refractivity contribution in [2.75, 3.05) is 0 Å². The van der Waals surface area contributed by atoms with E-state index >= 15 is 0 Å². The van der Waals surface area contributed by atoms with Crippen LogP contribution in [0.2, 0.25) is 5.02 Å². The Morgan fingerprint density at radius 2 is 2.19 bits per heavy atom. The number of hydrogen-bond donors (Lipinski definition) is 1. The third-order valence-electron chi connectivity index (χ3n) is 2.48. The number of aryl methyl sites for hydroxylation is 1. The van der Waals surface area contributed by atoms with Gasteiger partial charge in [0, 0.05) is 11.4 Å². The van der Waals surface area contributed by atoms with Crippen molar-refractivity contribution in [2.45, 2.75) is 13.5 Å². The minimum absolute atomic E-state index is 0.145. The average molecular weight is 256 g/mol. The molecule has 0 atom stereocenters. The molecule has 1 heterocycles. The first kappa shape index (κ1) is 11.6. The summed E-state index contributed by atoms with van der Waals surface area (Å²) in [7, 11) is 0. The van der Waals surface area contributed by atoms with E-state index in [-0.39, 0.29) is 5.02 Å². The highest BCUT2D eigenvalue weighted by Gasteiger charge is 2.11. The normalized spacial score (nSPS) is 10.8. The van der Waals surface area contributed by atoms with E-state index in [2.05, 4.69) is 0 Å². The SMILES string of the molecule is Cc1scc(CN)c1-c1ccc(F)c(Cl)c1. The molecule has 2 N–H and O–H groups in total. The molecule has 2 aromatic rings. The molecule has 16 heavy (non-hydrogen) atoms. The molecule has 1 aromatic heterocycles. The van der Waals surface area contributed by atoms with Crippen molar-refractivity contribution in [1.29, 1.82) is 0 Å². The van der Waals surface area contributed by atoms with Crippen molar-refractivity contribution in [3.63, 3.8) is 0 Å². The fourth-order valence-corrected chi connectivity index (χ4v) is 2.77. The molecule has 0 aliphatic heterocycles. The molecule has 2 rings (SSSR count).